The van der Waals surface area contributed by atoms with Crippen LogP contribution < -0.4 is 0 Å². The number of rotatable bonds is 6. The van der Waals surface area contributed by atoms with Crippen LogP contribution in [0.2, 0.25) is 0 Å². The van der Waals surface area contributed by atoms with E-state index in [0.29, 0.717) is 0 Å². The summed E-state index contributed by atoms with van der Waals surface area (Å²) >= 11 is 0. The van der Waals surface area contributed by atoms with E-state index in [1.165, 1.54) is 13.0 Å². The summed E-state index contributed by atoms with van der Waals surface area (Å²) in [7, 11) is 0. The Hall–Kier alpha value is -1.46. The zero-order valence-corrected chi connectivity index (χ0v) is 8.38. The molecule has 0 aliphatic carbocycles. The van der Waals surface area contributed by atoms with Gasteiger partial charge in [-0.15, -0.1) is 0 Å². The van der Waals surface area contributed by atoms with Crippen LogP contribution in [0, 0.1) is 0 Å². The van der Waals surface area contributed by atoms with Gasteiger partial charge in [-0.1, -0.05) is 12.7 Å². The van der Waals surface area contributed by atoms with Gasteiger partial charge >= 0.3 is 5.97 Å². The molecule has 0 aliphatic heterocycles. The second kappa shape index (κ2) is 6.10. The molecule has 15 heavy (non-hydrogen) atoms. The third-order valence-corrected chi connectivity index (χ3v) is 1.86. The number of aliphatic carboxylic acids is 1. The van der Waals surface area contributed by atoms with Gasteiger partial charge in [0.05, 0.1) is 6.10 Å². The van der Waals surface area contributed by atoms with E-state index in [-0.39, 0.29) is 12.0 Å². The Bertz CT molecular complexity index is 292. The van der Waals surface area contributed by atoms with Gasteiger partial charge in [0.1, 0.15) is 6.10 Å². The molecule has 0 spiro atoms. The van der Waals surface area contributed by atoms with Crippen molar-refractivity contribution in [1.29, 1.82) is 0 Å². The fraction of sp³-hybridized carbons (Fsp3) is 0.400. The van der Waals surface area contributed by atoms with Crippen molar-refractivity contribution >= 4 is 11.8 Å². The van der Waals surface area contributed by atoms with Crippen LogP contribution in [0.1, 0.15) is 13.3 Å². The zero-order valence-electron chi connectivity index (χ0n) is 8.38. The van der Waals surface area contributed by atoms with Crippen LogP contribution in [0.25, 0.3) is 0 Å². The van der Waals surface area contributed by atoms with E-state index in [9.17, 15) is 19.8 Å². The number of hydrogen-bond acceptors (Lipinski definition) is 4. The van der Waals surface area contributed by atoms with Gasteiger partial charge in [0.15, 0.2) is 5.78 Å². The van der Waals surface area contributed by atoms with Crippen molar-refractivity contribution in [2.24, 2.45) is 0 Å². The fourth-order valence-corrected chi connectivity index (χ4v) is 0.824. The van der Waals surface area contributed by atoms with Crippen molar-refractivity contribution in [3.05, 3.63) is 24.3 Å². The standard InChI is InChI=1S/C10H14O5/c1-3-7(11)9(13)8(12)5-4-6(2)10(14)15/h3-4,8-9,12-13H,1,5H2,2H3,(H,14,15). The highest BCUT2D eigenvalue weighted by Gasteiger charge is 2.20. The maximum Gasteiger partial charge on any atom is 0.330 e. The number of hydrogen-bond donors (Lipinski definition) is 3. The van der Waals surface area contributed by atoms with Crippen molar-refractivity contribution in [2.45, 2.75) is 25.6 Å². The summed E-state index contributed by atoms with van der Waals surface area (Å²) in [6, 6.07) is 0. The summed E-state index contributed by atoms with van der Waals surface area (Å²) in [5.74, 6) is -1.80. The van der Waals surface area contributed by atoms with Gasteiger partial charge in [-0.3, -0.25) is 4.79 Å². The molecule has 0 amide bonds. The average Bonchev–Trinajstić information content (AvgIpc) is 2.22. The minimum absolute atomic E-state index is 0.0484. The number of carbonyl (C=O) groups is 2. The monoisotopic (exact) mass is 214 g/mol. The molecular weight excluding hydrogens is 200 g/mol. The summed E-state index contributed by atoms with van der Waals surface area (Å²) < 4.78 is 0. The predicted molar refractivity (Wildman–Crippen MR) is 53.2 cm³/mol. The summed E-state index contributed by atoms with van der Waals surface area (Å²) in [6.07, 6.45) is -0.822. The molecule has 0 saturated heterocycles. The number of ketones is 1. The van der Waals surface area contributed by atoms with E-state index in [1.54, 1.807) is 0 Å². The van der Waals surface area contributed by atoms with E-state index in [4.69, 9.17) is 5.11 Å². The van der Waals surface area contributed by atoms with Crippen LogP contribution in [0.5, 0.6) is 0 Å². The number of carboxylic acids is 1. The van der Waals surface area contributed by atoms with E-state index in [2.05, 4.69) is 6.58 Å². The second-order valence-corrected chi connectivity index (χ2v) is 3.05. The summed E-state index contributed by atoms with van der Waals surface area (Å²) in [5, 5.41) is 27.0. The smallest absolute Gasteiger partial charge is 0.330 e. The first-order chi connectivity index (χ1) is 6.90. The Balaban J connectivity index is 4.31. The third-order valence-electron chi connectivity index (χ3n) is 1.86. The first kappa shape index (κ1) is 13.5. The first-order valence-electron chi connectivity index (χ1n) is 4.32. The SMILES string of the molecule is C=CC(=O)C(O)C(O)CC=C(C)C(=O)O. The lowest BCUT2D eigenvalue weighted by molar-refractivity contribution is -0.132. The van der Waals surface area contributed by atoms with Crippen LogP contribution in [-0.4, -0.2) is 39.3 Å². The van der Waals surface area contributed by atoms with Crippen LogP contribution in [0.15, 0.2) is 24.3 Å². The summed E-state index contributed by atoms with van der Waals surface area (Å²) in [5.41, 5.74) is 0.0484. The molecule has 0 saturated carbocycles. The maximum absolute atomic E-state index is 10.9. The molecule has 3 N–H and O–H groups in total. The molecule has 5 heteroatoms. The van der Waals surface area contributed by atoms with Gasteiger partial charge in [-0.25, -0.2) is 4.79 Å². The lowest BCUT2D eigenvalue weighted by Gasteiger charge is -2.13. The van der Waals surface area contributed by atoms with E-state index in [1.807, 2.05) is 0 Å². The largest absolute Gasteiger partial charge is 0.478 e. The van der Waals surface area contributed by atoms with Crippen LogP contribution in [0.4, 0.5) is 0 Å². The fourth-order valence-electron chi connectivity index (χ4n) is 0.824. The highest BCUT2D eigenvalue weighted by molar-refractivity contribution is 5.93. The van der Waals surface area contributed by atoms with Gasteiger partial charge in [-0.2, -0.15) is 0 Å². The van der Waals surface area contributed by atoms with Crippen LogP contribution in [-0.2, 0) is 9.59 Å². The molecular formula is C10H14O5. The van der Waals surface area contributed by atoms with E-state index < -0.39 is 24.0 Å². The second-order valence-electron chi connectivity index (χ2n) is 3.05. The average molecular weight is 214 g/mol. The number of carboxylic acid groups (broad SMARTS) is 1. The number of aliphatic hydroxyl groups excluding tert-OH is 2. The molecule has 0 heterocycles. The van der Waals surface area contributed by atoms with E-state index in [0.717, 1.165) is 6.08 Å². The minimum atomic E-state index is -1.56. The summed E-state index contributed by atoms with van der Waals surface area (Å²) in [6.45, 7) is 4.52. The molecule has 2 unspecified atom stereocenters. The van der Waals surface area contributed by atoms with Crippen molar-refractivity contribution in [3.63, 3.8) is 0 Å². The molecule has 5 nitrogen and oxygen atoms in total. The zero-order chi connectivity index (χ0) is 12.0. The molecule has 2 atom stereocenters. The van der Waals surface area contributed by atoms with Crippen molar-refractivity contribution in [2.75, 3.05) is 0 Å². The third kappa shape index (κ3) is 4.53. The van der Waals surface area contributed by atoms with Crippen molar-refractivity contribution in [1.82, 2.24) is 0 Å². The topological polar surface area (TPSA) is 94.8 Å². The normalized spacial score (nSPS) is 15.5. The van der Waals surface area contributed by atoms with Crippen molar-refractivity contribution < 1.29 is 24.9 Å². The number of aliphatic hydroxyl groups is 2. The van der Waals surface area contributed by atoms with Crippen LogP contribution in [0.3, 0.4) is 0 Å². The molecule has 0 fully saturated rings. The highest BCUT2D eigenvalue weighted by Crippen LogP contribution is 2.05. The maximum atomic E-state index is 10.9. The Kier molecular flexibility index (Phi) is 5.51. The van der Waals surface area contributed by atoms with Gasteiger partial charge < -0.3 is 15.3 Å². The number of carbonyl (C=O) groups excluding carboxylic acids is 1. The minimum Gasteiger partial charge on any atom is -0.478 e. The van der Waals surface area contributed by atoms with Crippen molar-refractivity contribution in [3.8, 4) is 0 Å². The quantitative estimate of drug-likeness (QED) is 0.536. The highest BCUT2D eigenvalue weighted by atomic mass is 16.4. The van der Waals surface area contributed by atoms with Gasteiger partial charge in [-0.05, 0) is 19.4 Å². The Morgan fingerprint density at radius 3 is 2.33 bits per heavy atom. The molecule has 0 radical (unpaired) electrons. The lowest BCUT2D eigenvalue weighted by atomic mass is 10.1. The Labute approximate surface area is 87.4 Å². The molecule has 0 aromatic heterocycles. The molecule has 84 valence electrons. The molecule has 0 aliphatic rings. The molecule has 0 aromatic rings. The molecule has 0 bridgehead atoms. The van der Waals surface area contributed by atoms with Crippen LogP contribution >= 0.6 is 0 Å². The predicted octanol–water partition coefficient (Wildman–Crippen LogP) is -0.116. The first-order valence-corrected chi connectivity index (χ1v) is 4.32. The molecule has 0 aromatic carbocycles. The molecule has 0 rings (SSSR count). The van der Waals surface area contributed by atoms with Gasteiger partial charge in [0.25, 0.3) is 0 Å². The summed E-state index contributed by atoms with van der Waals surface area (Å²) in [4.78, 5) is 21.2. The lowest BCUT2D eigenvalue weighted by Crippen LogP contribution is -2.32. The van der Waals surface area contributed by atoms with Gasteiger partial charge in [0.2, 0.25) is 0 Å². The Morgan fingerprint density at radius 2 is 1.93 bits per heavy atom. The Morgan fingerprint density at radius 1 is 1.40 bits per heavy atom. The van der Waals surface area contributed by atoms with Gasteiger partial charge in [0, 0.05) is 5.57 Å². The van der Waals surface area contributed by atoms with E-state index >= 15 is 0 Å².